The predicted molar refractivity (Wildman–Crippen MR) is 47.1 cm³/mol. The van der Waals surface area contributed by atoms with Crippen LogP contribution in [0.4, 0.5) is 13.2 Å². The molecule has 0 saturated heterocycles. The number of hydrogen-bond donors (Lipinski definition) is 0. The lowest BCUT2D eigenvalue weighted by molar-refractivity contribution is -0.142. The summed E-state index contributed by atoms with van der Waals surface area (Å²) in [7, 11) is -1.63. The molecule has 0 aromatic carbocycles. The molecular weight excluding hydrogens is 285 g/mol. The fourth-order valence-electron chi connectivity index (χ4n) is 0.688. The van der Waals surface area contributed by atoms with E-state index in [0.29, 0.717) is 0 Å². The van der Waals surface area contributed by atoms with Gasteiger partial charge in [-0.15, -0.1) is 0 Å². The molecule has 1 rings (SSSR count). The van der Waals surface area contributed by atoms with E-state index in [-0.39, 0.29) is 9.63 Å². The van der Waals surface area contributed by atoms with Gasteiger partial charge < -0.3 is 0 Å². The smallest absolute Gasteiger partial charge is 0.251 e. The summed E-state index contributed by atoms with van der Waals surface area (Å²) in [4.78, 5) is 6.65. The first kappa shape index (κ1) is 11.6. The molecule has 0 saturated carbocycles. The van der Waals surface area contributed by atoms with E-state index in [1.807, 2.05) is 0 Å². The summed E-state index contributed by atoms with van der Waals surface area (Å²) < 4.78 is 47.4. The van der Waals surface area contributed by atoms with E-state index in [9.17, 15) is 17.4 Å². The van der Waals surface area contributed by atoms with Crippen molar-refractivity contribution in [2.75, 3.05) is 6.26 Å². The van der Waals surface area contributed by atoms with Crippen LogP contribution in [0.1, 0.15) is 5.69 Å². The SMILES string of the molecule is C[S@](=O)c1ncc(Br)c(C(F)(F)F)n1. The molecule has 0 aliphatic heterocycles. The average molecular weight is 289 g/mol. The second-order valence-electron chi connectivity index (χ2n) is 2.30. The molecule has 1 aromatic rings. The van der Waals surface area contributed by atoms with E-state index >= 15 is 0 Å². The van der Waals surface area contributed by atoms with Gasteiger partial charge in [0.05, 0.1) is 15.3 Å². The molecule has 0 unspecified atom stereocenters. The maximum atomic E-state index is 12.3. The quantitative estimate of drug-likeness (QED) is 0.743. The van der Waals surface area contributed by atoms with E-state index in [0.717, 1.165) is 6.20 Å². The zero-order valence-corrected chi connectivity index (χ0v) is 9.20. The Hall–Kier alpha value is -0.500. The van der Waals surface area contributed by atoms with Crippen molar-refractivity contribution in [2.45, 2.75) is 11.3 Å². The Morgan fingerprint density at radius 3 is 2.50 bits per heavy atom. The normalized spacial score (nSPS) is 14.1. The number of halogens is 4. The van der Waals surface area contributed by atoms with Crippen molar-refractivity contribution in [3.63, 3.8) is 0 Å². The van der Waals surface area contributed by atoms with Crippen LogP contribution in [0.3, 0.4) is 0 Å². The van der Waals surface area contributed by atoms with Crippen LogP contribution in [-0.2, 0) is 17.0 Å². The van der Waals surface area contributed by atoms with Gasteiger partial charge in [0.2, 0.25) is 5.16 Å². The number of hydrogen-bond acceptors (Lipinski definition) is 3. The van der Waals surface area contributed by atoms with Gasteiger partial charge in [-0.05, 0) is 15.9 Å². The Kier molecular flexibility index (Phi) is 3.25. The summed E-state index contributed by atoms with van der Waals surface area (Å²) in [5.41, 5.74) is -1.11. The van der Waals surface area contributed by atoms with Crippen LogP contribution in [0, 0.1) is 0 Å². The molecule has 1 atom stereocenters. The first-order chi connectivity index (χ1) is 6.32. The van der Waals surface area contributed by atoms with Crippen molar-refractivity contribution in [2.24, 2.45) is 0 Å². The van der Waals surface area contributed by atoms with Crippen molar-refractivity contribution in [3.8, 4) is 0 Å². The molecule has 0 aliphatic carbocycles. The van der Waals surface area contributed by atoms with Gasteiger partial charge in [-0.1, -0.05) is 0 Å². The molecule has 0 amide bonds. The molecule has 0 radical (unpaired) electrons. The molecule has 3 nitrogen and oxygen atoms in total. The highest BCUT2D eigenvalue weighted by Crippen LogP contribution is 2.32. The number of rotatable bonds is 1. The molecular formula is C6H4BrF3N2OS. The molecule has 0 bridgehead atoms. The monoisotopic (exact) mass is 288 g/mol. The third-order valence-electron chi connectivity index (χ3n) is 1.25. The van der Waals surface area contributed by atoms with Crippen LogP contribution in [0.2, 0.25) is 0 Å². The average Bonchev–Trinajstić information content (AvgIpc) is 2.02. The Balaban J connectivity index is 3.29. The van der Waals surface area contributed by atoms with Gasteiger partial charge in [-0.25, -0.2) is 9.97 Å². The van der Waals surface area contributed by atoms with Crippen LogP contribution in [0.25, 0.3) is 0 Å². The lowest BCUT2D eigenvalue weighted by atomic mass is 10.4. The molecule has 8 heteroatoms. The third kappa shape index (κ3) is 2.50. The summed E-state index contributed by atoms with van der Waals surface area (Å²) in [6.07, 6.45) is -2.42. The molecule has 78 valence electrons. The van der Waals surface area contributed by atoms with Gasteiger partial charge in [0.15, 0.2) is 5.69 Å². The molecule has 0 aliphatic rings. The standard InChI is InChI=1S/C6H4BrF3N2OS/c1-14(13)5-11-2-3(7)4(12-5)6(8,9)10/h2H,1H3/t14-/m0/s1. The predicted octanol–water partition coefficient (Wildman–Crippen LogP) is 2.00. The van der Waals surface area contributed by atoms with Gasteiger partial charge >= 0.3 is 6.18 Å². The summed E-state index contributed by atoms with van der Waals surface area (Å²) in [5.74, 6) is 0. The summed E-state index contributed by atoms with van der Waals surface area (Å²) in [6.45, 7) is 0. The first-order valence-corrected chi connectivity index (χ1v) is 5.60. The van der Waals surface area contributed by atoms with E-state index < -0.39 is 22.7 Å². The van der Waals surface area contributed by atoms with Crippen molar-refractivity contribution >= 4 is 26.7 Å². The van der Waals surface area contributed by atoms with Crippen LogP contribution in [-0.4, -0.2) is 20.4 Å². The molecule has 0 fully saturated rings. The van der Waals surface area contributed by atoms with Crippen LogP contribution < -0.4 is 0 Å². The molecule has 1 aromatic heterocycles. The molecule has 1 heterocycles. The summed E-state index contributed by atoms with van der Waals surface area (Å²) >= 11 is 2.67. The van der Waals surface area contributed by atoms with Gasteiger partial charge in [-0.3, -0.25) is 4.21 Å². The minimum atomic E-state index is -4.57. The van der Waals surface area contributed by atoms with Crippen LogP contribution in [0.5, 0.6) is 0 Å². The zero-order chi connectivity index (χ0) is 10.9. The number of alkyl halides is 3. The highest BCUT2D eigenvalue weighted by atomic mass is 79.9. The van der Waals surface area contributed by atoms with Crippen molar-refractivity contribution in [1.82, 2.24) is 9.97 Å². The van der Waals surface area contributed by atoms with Crippen LogP contribution in [0.15, 0.2) is 15.8 Å². The maximum absolute atomic E-state index is 12.3. The summed E-state index contributed by atoms with van der Waals surface area (Å²) in [5, 5.41) is -0.333. The minimum Gasteiger partial charge on any atom is -0.251 e. The fraction of sp³-hybridized carbons (Fsp3) is 0.333. The van der Waals surface area contributed by atoms with Crippen molar-refractivity contribution in [1.29, 1.82) is 0 Å². The largest absolute Gasteiger partial charge is 0.434 e. The lowest BCUT2D eigenvalue weighted by Crippen LogP contribution is -2.12. The maximum Gasteiger partial charge on any atom is 0.434 e. The first-order valence-electron chi connectivity index (χ1n) is 3.25. The van der Waals surface area contributed by atoms with Gasteiger partial charge in [0, 0.05) is 12.5 Å². The van der Waals surface area contributed by atoms with E-state index in [1.54, 1.807) is 0 Å². The van der Waals surface area contributed by atoms with Crippen molar-refractivity contribution in [3.05, 3.63) is 16.4 Å². The minimum absolute atomic E-state index is 0.265. The van der Waals surface area contributed by atoms with Crippen LogP contribution >= 0.6 is 15.9 Å². The van der Waals surface area contributed by atoms with Gasteiger partial charge in [0.25, 0.3) is 0 Å². The Morgan fingerprint density at radius 2 is 2.07 bits per heavy atom. The topological polar surface area (TPSA) is 42.9 Å². The Bertz CT molecular complexity index is 382. The fourth-order valence-corrected chi connectivity index (χ4v) is 1.53. The van der Waals surface area contributed by atoms with E-state index in [2.05, 4.69) is 25.9 Å². The Morgan fingerprint density at radius 1 is 1.50 bits per heavy atom. The highest BCUT2D eigenvalue weighted by molar-refractivity contribution is 9.10. The number of aromatic nitrogens is 2. The van der Waals surface area contributed by atoms with Gasteiger partial charge in [-0.2, -0.15) is 13.2 Å². The number of nitrogens with zero attached hydrogens (tertiary/aromatic N) is 2. The van der Waals surface area contributed by atoms with E-state index in [1.165, 1.54) is 6.26 Å². The zero-order valence-electron chi connectivity index (χ0n) is 6.80. The van der Waals surface area contributed by atoms with Crippen molar-refractivity contribution < 1.29 is 17.4 Å². The van der Waals surface area contributed by atoms with Gasteiger partial charge in [0.1, 0.15) is 0 Å². The third-order valence-corrected chi connectivity index (χ3v) is 2.54. The Labute approximate surface area is 88.3 Å². The second kappa shape index (κ2) is 3.93. The molecule has 0 spiro atoms. The highest BCUT2D eigenvalue weighted by Gasteiger charge is 2.35. The summed E-state index contributed by atoms with van der Waals surface area (Å²) in [6, 6.07) is 0. The lowest BCUT2D eigenvalue weighted by Gasteiger charge is -2.07. The van der Waals surface area contributed by atoms with E-state index in [4.69, 9.17) is 0 Å². The molecule has 0 N–H and O–H groups in total. The second-order valence-corrected chi connectivity index (χ2v) is 4.43. The molecule has 14 heavy (non-hydrogen) atoms.